The van der Waals surface area contributed by atoms with Crippen molar-refractivity contribution in [1.29, 1.82) is 0 Å². The number of phenolic OH excluding ortho intramolecular Hbond substituents is 1. The number of ether oxygens (including phenoxy) is 2. The number of rotatable bonds is 3. The molecule has 6 nitrogen and oxygen atoms in total. The van der Waals surface area contributed by atoms with Crippen LogP contribution in [0.4, 0.5) is 0 Å². The number of hydrogen-bond donors (Lipinski definition) is 1. The number of aromatic hydroxyl groups is 1. The Hall–Kier alpha value is -3.54. The molecule has 0 saturated heterocycles. The van der Waals surface area contributed by atoms with Crippen LogP contribution in [0.5, 0.6) is 11.5 Å². The Kier molecular flexibility index (Phi) is 4.62. The van der Waals surface area contributed by atoms with Gasteiger partial charge in [-0.25, -0.2) is 9.59 Å². The minimum atomic E-state index is -0.770. The highest BCUT2D eigenvalue weighted by Gasteiger charge is 2.39. The molecule has 0 amide bonds. The van der Waals surface area contributed by atoms with Crippen molar-refractivity contribution < 1.29 is 23.8 Å². The molecule has 1 aromatic heterocycles. The second-order valence-electron chi connectivity index (χ2n) is 7.48. The Morgan fingerprint density at radius 3 is 2.79 bits per heavy atom. The number of phenols is 1. The molecule has 1 aliphatic rings. The van der Waals surface area contributed by atoms with Crippen molar-refractivity contribution in [2.45, 2.75) is 32.0 Å². The van der Waals surface area contributed by atoms with E-state index in [1.54, 1.807) is 36.4 Å². The van der Waals surface area contributed by atoms with Gasteiger partial charge < -0.3 is 19.0 Å². The molecule has 1 atom stereocenters. The molecule has 6 heteroatoms. The topological polar surface area (TPSA) is 86.0 Å². The molecule has 3 aromatic rings. The molecule has 0 aliphatic carbocycles. The minimum Gasteiger partial charge on any atom is -0.507 e. The van der Waals surface area contributed by atoms with Gasteiger partial charge in [0.05, 0.1) is 0 Å². The molecule has 148 valence electrons. The summed E-state index contributed by atoms with van der Waals surface area (Å²) >= 11 is 0. The maximum Gasteiger partial charge on any atom is 0.336 e. The van der Waals surface area contributed by atoms with Gasteiger partial charge >= 0.3 is 11.6 Å². The van der Waals surface area contributed by atoms with Gasteiger partial charge in [0.1, 0.15) is 28.8 Å². The van der Waals surface area contributed by atoms with Gasteiger partial charge in [0.2, 0.25) is 0 Å². The highest BCUT2D eigenvalue weighted by Crippen LogP contribution is 2.37. The van der Waals surface area contributed by atoms with Gasteiger partial charge in [0.15, 0.2) is 0 Å². The molecule has 4 rings (SSSR count). The van der Waals surface area contributed by atoms with Crippen molar-refractivity contribution in [3.05, 3.63) is 76.2 Å². The number of fused-ring (bicyclic) bond motifs is 2. The van der Waals surface area contributed by atoms with Gasteiger partial charge in [-0.15, -0.1) is 0 Å². The Morgan fingerprint density at radius 2 is 2.00 bits per heavy atom. The van der Waals surface area contributed by atoms with E-state index in [1.807, 2.05) is 19.9 Å². The van der Waals surface area contributed by atoms with Gasteiger partial charge in [0.25, 0.3) is 0 Å². The van der Waals surface area contributed by atoms with Crippen molar-refractivity contribution in [2.75, 3.05) is 0 Å². The van der Waals surface area contributed by atoms with Gasteiger partial charge in [-0.2, -0.15) is 0 Å². The lowest BCUT2D eigenvalue weighted by Gasteiger charge is -2.39. The number of carbonyl (C=O) groups is 1. The summed E-state index contributed by atoms with van der Waals surface area (Å²) in [7, 11) is 0. The van der Waals surface area contributed by atoms with Gasteiger partial charge in [0, 0.05) is 35.6 Å². The normalized spacial score (nSPS) is 17.7. The molecular weight excluding hydrogens is 372 g/mol. The Labute approximate surface area is 167 Å². The highest BCUT2D eigenvalue weighted by atomic mass is 16.6. The van der Waals surface area contributed by atoms with Gasteiger partial charge in [-0.3, -0.25) is 0 Å². The summed E-state index contributed by atoms with van der Waals surface area (Å²) in [4.78, 5) is 23.8. The maximum atomic E-state index is 12.3. The quantitative estimate of drug-likeness (QED) is 0.414. The highest BCUT2D eigenvalue weighted by molar-refractivity contribution is 5.88. The maximum absolute atomic E-state index is 12.3. The van der Waals surface area contributed by atoms with Crippen LogP contribution in [0.25, 0.3) is 17.0 Å². The van der Waals surface area contributed by atoms with Crippen LogP contribution >= 0.6 is 0 Å². The van der Waals surface area contributed by atoms with E-state index < -0.39 is 23.3 Å². The molecular formula is C23H20O6. The zero-order valence-electron chi connectivity index (χ0n) is 16.0. The number of hydrogen-bond acceptors (Lipinski definition) is 6. The summed E-state index contributed by atoms with van der Waals surface area (Å²) in [5, 5.41) is 10.6. The van der Waals surface area contributed by atoms with Crippen molar-refractivity contribution in [2.24, 2.45) is 0 Å². The van der Waals surface area contributed by atoms with E-state index in [0.717, 1.165) is 10.9 Å². The Balaban J connectivity index is 1.56. The lowest BCUT2D eigenvalue weighted by Crippen LogP contribution is -2.48. The largest absolute Gasteiger partial charge is 0.507 e. The van der Waals surface area contributed by atoms with Crippen LogP contribution in [0, 0.1) is 0 Å². The molecule has 0 saturated carbocycles. The summed E-state index contributed by atoms with van der Waals surface area (Å²) in [5.74, 6) is 0.171. The second-order valence-corrected chi connectivity index (χ2v) is 7.48. The van der Waals surface area contributed by atoms with Crippen LogP contribution in [0.1, 0.15) is 25.0 Å². The fraction of sp³-hybridized carbons (Fsp3) is 0.217. The molecule has 0 radical (unpaired) electrons. The third-order valence-corrected chi connectivity index (χ3v) is 4.95. The molecule has 2 aromatic carbocycles. The van der Waals surface area contributed by atoms with Crippen molar-refractivity contribution in [1.82, 2.24) is 0 Å². The van der Waals surface area contributed by atoms with Crippen LogP contribution in [0.3, 0.4) is 0 Å². The SMILES string of the molecule is CC1(C)Oc2cc3oc(=O)ccc3cc2CC1OC(=O)C=Cc1ccccc1O. The number of esters is 1. The molecule has 2 heterocycles. The van der Waals surface area contributed by atoms with Crippen LogP contribution in [0.2, 0.25) is 0 Å². The van der Waals surface area contributed by atoms with Crippen LogP contribution in [-0.4, -0.2) is 22.8 Å². The van der Waals surface area contributed by atoms with E-state index in [0.29, 0.717) is 23.3 Å². The number of benzene rings is 2. The molecule has 0 fully saturated rings. The number of para-hydroxylation sites is 1. The van der Waals surface area contributed by atoms with Gasteiger partial charge in [-0.1, -0.05) is 18.2 Å². The zero-order chi connectivity index (χ0) is 20.6. The molecule has 1 N–H and O–H groups in total. The van der Waals surface area contributed by atoms with Crippen molar-refractivity contribution in [3.63, 3.8) is 0 Å². The minimum absolute atomic E-state index is 0.0883. The first-order valence-corrected chi connectivity index (χ1v) is 9.24. The summed E-state index contributed by atoms with van der Waals surface area (Å²) in [6.45, 7) is 3.68. The van der Waals surface area contributed by atoms with E-state index in [2.05, 4.69) is 0 Å². The van der Waals surface area contributed by atoms with E-state index in [-0.39, 0.29) is 5.75 Å². The fourth-order valence-corrected chi connectivity index (χ4v) is 3.34. The molecule has 0 bridgehead atoms. The lowest BCUT2D eigenvalue weighted by molar-refractivity contribution is -0.155. The molecule has 1 unspecified atom stereocenters. The standard InChI is InChI=1S/C23H20O6/c1-23(2)20(28-22(26)9-7-14-5-3-4-6-17(14)24)12-16-11-15-8-10-21(25)27-18(15)13-19(16)29-23/h3-11,13,20,24H,12H2,1-2H3. The van der Waals surface area contributed by atoms with Crippen LogP contribution < -0.4 is 10.4 Å². The van der Waals surface area contributed by atoms with E-state index in [1.165, 1.54) is 18.2 Å². The zero-order valence-corrected chi connectivity index (χ0v) is 16.0. The predicted molar refractivity (Wildman–Crippen MR) is 108 cm³/mol. The average molecular weight is 392 g/mol. The fourth-order valence-electron chi connectivity index (χ4n) is 3.34. The smallest absolute Gasteiger partial charge is 0.336 e. The Bertz CT molecular complexity index is 1170. The lowest BCUT2D eigenvalue weighted by atomic mass is 9.90. The third-order valence-electron chi connectivity index (χ3n) is 4.95. The first-order chi connectivity index (χ1) is 13.8. The summed E-state index contributed by atoms with van der Waals surface area (Å²) in [5.41, 5.74) is 0.660. The molecule has 0 spiro atoms. The second kappa shape index (κ2) is 7.13. The van der Waals surface area contributed by atoms with Crippen molar-refractivity contribution in [3.8, 4) is 11.5 Å². The molecule has 29 heavy (non-hydrogen) atoms. The summed E-state index contributed by atoms with van der Waals surface area (Å²) in [6.07, 6.45) is 2.76. The number of carbonyl (C=O) groups excluding carboxylic acids is 1. The first-order valence-electron chi connectivity index (χ1n) is 9.24. The monoisotopic (exact) mass is 392 g/mol. The van der Waals surface area contributed by atoms with E-state index in [9.17, 15) is 14.7 Å². The summed E-state index contributed by atoms with van der Waals surface area (Å²) in [6, 6.07) is 13.4. The third kappa shape index (κ3) is 3.87. The van der Waals surface area contributed by atoms with Crippen molar-refractivity contribution >= 4 is 23.0 Å². The Morgan fingerprint density at radius 1 is 1.21 bits per heavy atom. The molecule has 1 aliphatic heterocycles. The summed E-state index contributed by atoms with van der Waals surface area (Å²) < 4.78 is 16.9. The van der Waals surface area contributed by atoms with E-state index in [4.69, 9.17) is 13.9 Å². The average Bonchev–Trinajstić information content (AvgIpc) is 2.66. The van der Waals surface area contributed by atoms with E-state index >= 15 is 0 Å². The van der Waals surface area contributed by atoms with Crippen LogP contribution in [-0.2, 0) is 16.0 Å². The van der Waals surface area contributed by atoms with Gasteiger partial charge in [-0.05, 0) is 43.7 Å². The predicted octanol–water partition coefficient (Wildman–Crippen LogP) is 3.84. The first kappa shape index (κ1) is 18.8. The van der Waals surface area contributed by atoms with Crippen LogP contribution in [0.15, 0.2) is 63.8 Å².